The van der Waals surface area contributed by atoms with Crippen LogP contribution in [-0.2, 0) is 4.79 Å². The SMILES string of the molecule is CCNC(=O)CC(CN)c1ccc(OC)cc1. The standard InChI is InChI=1S/C13H20N2O2/c1-3-15-13(16)8-11(9-14)10-4-6-12(17-2)7-5-10/h4-7,11H,3,8-9,14H2,1-2H3,(H,15,16). The Bertz CT molecular complexity index is 349. The molecule has 0 radical (unpaired) electrons. The maximum absolute atomic E-state index is 11.5. The molecule has 0 fully saturated rings. The molecule has 0 heterocycles. The van der Waals surface area contributed by atoms with Gasteiger partial charge in [-0.3, -0.25) is 4.79 Å². The van der Waals surface area contributed by atoms with E-state index in [0.29, 0.717) is 19.5 Å². The van der Waals surface area contributed by atoms with Gasteiger partial charge in [-0.2, -0.15) is 0 Å². The summed E-state index contributed by atoms with van der Waals surface area (Å²) in [5.41, 5.74) is 6.78. The van der Waals surface area contributed by atoms with Gasteiger partial charge in [-0.05, 0) is 31.2 Å². The van der Waals surface area contributed by atoms with E-state index in [1.165, 1.54) is 0 Å². The number of benzene rings is 1. The molecule has 1 aromatic rings. The molecule has 0 bridgehead atoms. The number of amides is 1. The molecule has 1 amide bonds. The van der Waals surface area contributed by atoms with E-state index in [0.717, 1.165) is 11.3 Å². The highest BCUT2D eigenvalue weighted by molar-refractivity contribution is 5.76. The summed E-state index contributed by atoms with van der Waals surface area (Å²) in [6.07, 6.45) is 0.427. The summed E-state index contributed by atoms with van der Waals surface area (Å²) in [6.45, 7) is 3.02. The Labute approximate surface area is 102 Å². The number of nitrogens with one attached hydrogen (secondary N) is 1. The second kappa shape index (κ2) is 6.91. The van der Waals surface area contributed by atoms with Crippen LogP contribution in [0.4, 0.5) is 0 Å². The fourth-order valence-corrected chi connectivity index (χ4v) is 1.71. The maximum Gasteiger partial charge on any atom is 0.220 e. The van der Waals surface area contributed by atoms with Gasteiger partial charge in [0.15, 0.2) is 0 Å². The molecule has 4 nitrogen and oxygen atoms in total. The van der Waals surface area contributed by atoms with Gasteiger partial charge in [0.2, 0.25) is 5.91 Å². The second-order valence-electron chi connectivity index (χ2n) is 3.86. The highest BCUT2D eigenvalue weighted by Crippen LogP contribution is 2.21. The molecule has 0 aliphatic rings. The molecule has 17 heavy (non-hydrogen) atoms. The van der Waals surface area contributed by atoms with Crippen molar-refractivity contribution < 1.29 is 9.53 Å². The van der Waals surface area contributed by atoms with Gasteiger partial charge in [-0.15, -0.1) is 0 Å². The molecule has 1 atom stereocenters. The van der Waals surface area contributed by atoms with Gasteiger partial charge in [-0.1, -0.05) is 12.1 Å². The molecule has 1 unspecified atom stereocenters. The fourth-order valence-electron chi connectivity index (χ4n) is 1.71. The van der Waals surface area contributed by atoms with E-state index < -0.39 is 0 Å². The Morgan fingerprint density at radius 2 is 2.06 bits per heavy atom. The molecular weight excluding hydrogens is 216 g/mol. The predicted octanol–water partition coefficient (Wildman–Crippen LogP) is 1.26. The minimum atomic E-state index is 0.0405. The van der Waals surface area contributed by atoms with Crippen LogP contribution >= 0.6 is 0 Å². The van der Waals surface area contributed by atoms with Crippen molar-refractivity contribution in [2.75, 3.05) is 20.2 Å². The number of hydrogen-bond donors (Lipinski definition) is 2. The van der Waals surface area contributed by atoms with Gasteiger partial charge in [0.1, 0.15) is 5.75 Å². The number of rotatable bonds is 6. The lowest BCUT2D eigenvalue weighted by Gasteiger charge is -2.15. The third kappa shape index (κ3) is 4.07. The Kier molecular flexibility index (Phi) is 5.49. The van der Waals surface area contributed by atoms with Crippen LogP contribution in [0.1, 0.15) is 24.8 Å². The number of nitrogens with two attached hydrogens (primary N) is 1. The van der Waals surface area contributed by atoms with Gasteiger partial charge in [-0.25, -0.2) is 0 Å². The molecule has 0 saturated heterocycles. The molecule has 0 spiro atoms. The van der Waals surface area contributed by atoms with E-state index in [9.17, 15) is 4.79 Å². The number of carbonyl (C=O) groups excluding carboxylic acids is 1. The van der Waals surface area contributed by atoms with E-state index in [-0.39, 0.29) is 11.8 Å². The molecule has 0 aromatic heterocycles. The topological polar surface area (TPSA) is 64.4 Å². The monoisotopic (exact) mass is 236 g/mol. The molecule has 1 rings (SSSR count). The van der Waals surface area contributed by atoms with Crippen LogP contribution in [0.2, 0.25) is 0 Å². The fraction of sp³-hybridized carbons (Fsp3) is 0.462. The molecule has 0 aliphatic heterocycles. The lowest BCUT2D eigenvalue weighted by atomic mass is 9.95. The zero-order valence-electron chi connectivity index (χ0n) is 10.4. The quantitative estimate of drug-likeness (QED) is 0.781. The first-order chi connectivity index (χ1) is 8.21. The minimum Gasteiger partial charge on any atom is -0.497 e. The van der Waals surface area contributed by atoms with Crippen LogP contribution in [0.5, 0.6) is 5.75 Å². The zero-order chi connectivity index (χ0) is 12.7. The van der Waals surface area contributed by atoms with Gasteiger partial charge in [0, 0.05) is 18.9 Å². The average Bonchev–Trinajstić information content (AvgIpc) is 2.36. The Balaban J connectivity index is 2.68. The van der Waals surface area contributed by atoms with Crippen LogP contribution in [0, 0.1) is 0 Å². The van der Waals surface area contributed by atoms with Gasteiger partial charge < -0.3 is 15.8 Å². The van der Waals surface area contributed by atoms with Crippen molar-refractivity contribution in [1.29, 1.82) is 0 Å². The van der Waals surface area contributed by atoms with Crippen LogP contribution in [0.25, 0.3) is 0 Å². The van der Waals surface area contributed by atoms with Crippen molar-refractivity contribution in [3.63, 3.8) is 0 Å². The normalized spacial score (nSPS) is 11.9. The third-order valence-electron chi connectivity index (χ3n) is 2.68. The predicted molar refractivity (Wildman–Crippen MR) is 68.1 cm³/mol. The van der Waals surface area contributed by atoms with Crippen molar-refractivity contribution >= 4 is 5.91 Å². The molecule has 1 aromatic carbocycles. The Morgan fingerprint density at radius 1 is 1.41 bits per heavy atom. The Hall–Kier alpha value is -1.55. The molecule has 3 N–H and O–H groups in total. The van der Waals surface area contributed by atoms with Gasteiger partial charge >= 0.3 is 0 Å². The average molecular weight is 236 g/mol. The second-order valence-corrected chi connectivity index (χ2v) is 3.86. The van der Waals surface area contributed by atoms with Crippen molar-refractivity contribution in [3.05, 3.63) is 29.8 Å². The van der Waals surface area contributed by atoms with E-state index in [2.05, 4.69) is 5.32 Å². The summed E-state index contributed by atoms with van der Waals surface area (Å²) in [7, 11) is 1.63. The summed E-state index contributed by atoms with van der Waals surface area (Å²) in [6, 6.07) is 7.68. The highest BCUT2D eigenvalue weighted by atomic mass is 16.5. The number of hydrogen-bond acceptors (Lipinski definition) is 3. The van der Waals surface area contributed by atoms with E-state index in [1.54, 1.807) is 7.11 Å². The molecular formula is C13H20N2O2. The highest BCUT2D eigenvalue weighted by Gasteiger charge is 2.14. The van der Waals surface area contributed by atoms with Crippen molar-refractivity contribution in [3.8, 4) is 5.75 Å². The molecule has 94 valence electrons. The number of ether oxygens (including phenoxy) is 1. The van der Waals surface area contributed by atoms with Crippen LogP contribution < -0.4 is 15.8 Å². The van der Waals surface area contributed by atoms with Crippen molar-refractivity contribution in [1.82, 2.24) is 5.32 Å². The van der Waals surface area contributed by atoms with Crippen molar-refractivity contribution in [2.45, 2.75) is 19.3 Å². The van der Waals surface area contributed by atoms with Crippen LogP contribution in [0.3, 0.4) is 0 Å². The maximum atomic E-state index is 11.5. The summed E-state index contributed by atoms with van der Waals surface area (Å²) in [4.78, 5) is 11.5. The van der Waals surface area contributed by atoms with Gasteiger partial charge in [0.25, 0.3) is 0 Å². The molecule has 0 saturated carbocycles. The van der Waals surface area contributed by atoms with Crippen molar-refractivity contribution in [2.24, 2.45) is 5.73 Å². The van der Waals surface area contributed by atoms with Crippen LogP contribution in [0.15, 0.2) is 24.3 Å². The molecule has 0 aliphatic carbocycles. The smallest absolute Gasteiger partial charge is 0.220 e. The third-order valence-corrected chi connectivity index (χ3v) is 2.68. The lowest BCUT2D eigenvalue weighted by molar-refractivity contribution is -0.121. The summed E-state index contributed by atoms with van der Waals surface area (Å²) in [5.74, 6) is 0.911. The largest absolute Gasteiger partial charge is 0.497 e. The van der Waals surface area contributed by atoms with E-state index in [1.807, 2.05) is 31.2 Å². The molecule has 4 heteroatoms. The van der Waals surface area contributed by atoms with E-state index in [4.69, 9.17) is 10.5 Å². The summed E-state index contributed by atoms with van der Waals surface area (Å²) < 4.78 is 5.09. The zero-order valence-corrected chi connectivity index (χ0v) is 10.4. The van der Waals surface area contributed by atoms with Gasteiger partial charge in [0.05, 0.1) is 7.11 Å². The first-order valence-electron chi connectivity index (χ1n) is 5.82. The Morgan fingerprint density at radius 3 is 2.53 bits per heavy atom. The van der Waals surface area contributed by atoms with E-state index >= 15 is 0 Å². The number of carbonyl (C=O) groups is 1. The number of methoxy groups -OCH3 is 1. The summed E-state index contributed by atoms with van der Waals surface area (Å²) in [5, 5.41) is 2.78. The van der Waals surface area contributed by atoms with Crippen LogP contribution in [-0.4, -0.2) is 26.1 Å². The minimum absolute atomic E-state index is 0.0405. The first kappa shape index (κ1) is 13.5. The lowest BCUT2D eigenvalue weighted by Crippen LogP contribution is -2.27. The summed E-state index contributed by atoms with van der Waals surface area (Å²) >= 11 is 0. The first-order valence-corrected chi connectivity index (χ1v) is 5.82.